The summed E-state index contributed by atoms with van der Waals surface area (Å²) in [5.74, 6) is 1.26. The van der Waals surface area contributed by atoms with Crippen molar-refractivity contribution in [2.24, 2.45) is 9.98 Å². The Morgan fingerprint density at radius 3 is 2.65 bits per heavy atom. The first-order chi connectivity index (χ1) is 9.81. The molecular formula is C12H20N8. The lowest BCUT2D eigenvalue weighted by Gasteiger charge is -2.31. The Labute approximate surface area is 118 Å². The van der Waals surface area contributed by atoms with Gasteiger partial charge in [0.05, 0.1) is 12.2 Å². The number of rotatable bonds is 5. The zero-order valence-corrected chi connectivity index (χ0v) is 11.7. The van der Waals surface area contributed by atoms with Crippen LogP contribution in [0.4, 0.5) is 0 Å². The second-order valence-corrected chi connectivity index (χ2v) is 4.00. The van der Waals surface area contributed by atoms with Gasteiger partial charge in [0.15, 0.2) is 0 Å². The van der Waals surface area contributed by atoms with Crippen LogP contribution in [0.1, 0.15) is 19.5 Å². The minimum atomic E-state index is 0.496. The Hall–Kier alpha value is -2.19. The number of nitrogens with one attached hydrogen (secondary N) is 4. The summed E-state index contributed by atoms with van der Waals surface area (Å²) >= 11 is 0. The molecule has 2 rings (SSSR count). The third-order valence-electron chi connectivity index (χ3n) is 2.43. The van der Waals surface area contributed by atoms with E-state index in [2.05, 4.69) is 36.6 Å². The molecule has 1 aliphatic rings. The van der Waals surface area contributed by atoms with E-state index >= 15 is 0 Å². The van der Waals surface area contributed by atoms with Crippen LogP contribution in [0.5, 0.6) is 0 Å². The van der Waals surface area contributed by atoms with Gasteiger partial charge >= 0.3 is 0 Å². The summed E-state index contributed by atoms with van der Waals surface area (Å²) in [6.45, 7) is 5.93. The van der Waals surface area contributed by atoms with Crippen molar-refractivity contribution in [3.63, 3.8) is 0 Å². The molecule has 0 spiro atoms. The van der Waals surface area contributed by atoms with Crippen molar-refractivity contribution in [2.75, 3.05) is 13.1 Å². The summed E-state index contributed by atoms with van der Waals surface area (Å²) in [7, 11) is 0. The van der Waals surface area contributed by atoms with E-state index in [4.69, 9.17) is 0 Å². The van der Waals surface area contributed by atoms with Crippen LogP contribution in [0.3, 0.4) is 0 Å². The standard InChI is InChI=1S/C12H20N8/c1-3-13-11-17-12(19-20(18-11)16-4-2)15-9-10-7-5-6-8-14-10/h5-8,16H,3-4,9H2,1-2H3,(H3,13,15,17,18,19). The fraction of sp³-hybridized carbons (Fsp3) is 0.417. The summed E-state index contributed by atoms with van der Waals surface area (Å²) in [5, 5.41) is 4.71. The topological polar surface area (TPSA) is 89.0 Å². The first-order valence-corrected chi connectivity index (χ1v) is 6.64. The van der Waals surface area contributed by atoms with Crippen molar-refractivity contribution in [1.29, 1.82) is 0 Å². The third kappa shape index (κ3) is 4.18. The first kappa shape index (κ1) is 14.2. The maximum Gasteiger partial charge on any atom is 0.216 e. The molecule has 8 heteroatoms. The number of hydrogen-bond acceptors (Lipinski definition) is 5. The van der Waals surface area contributed by atoms with Crippen LogP contribution in [0.25, 0.3) is 0 Å². The maximum atomic E-state index is 4.45. The summed E-state index contributed by atoms with van der Waals surface area (Å²) in [6, 6.07) is 5.77. The highest BCUT2D eigenvalue weighted by atomic mass is 15.9. The minimum absolute atomic E-state index is 0.496. The number of aromatic nitrogens is 1. The number of guanidine groups is 2. The lowest BCUT2D eigenvalue weighted by molar-refractivity contribution is 0.107. The molecule has 1 aliphatic heterocycles. The highest BCUT2D eigenvalue weighted by Gasteiger charge is 2.16. The van der Waals surface area contributed by atoms with Crippen LogP contribution < -0.4 is 21.6 Å². The van der Waals surface area contributed by atoms with Gasteiger partial charge in [0.25, 0.3) is 0 Å². The Balaban J connectivity index is 2.03. The molecule has 1 fully saturated rings. The van der Waals surface area contributed by atoms with Crippen molar-refractivity contribution in [3.8, 4) is 0 Å². The predicted octanol–water partition coefficient (Wildman–Crippen LogP) is -0.248. The molecular weight excluding hydrogens is 256 g/mol. The summed E-state index contributed by atoms with van der Waals surface area (Å²) < 4.78 is 0. The molecule has 0 saturated carbocycles. The molecule has 0 bridgehead atoms. The molecule has 2 heterocycles. The number of aliphatic imine (C=N–C) groups is 2. The molecule has 0 amide bonds. The Bertz CT molecular complexity index is 470. The van der Waals surface area contributed by atoms with Gasteiger partial charge in [-0.05, 0) is 19.1 Å². The summed E-state index contributed by atoms with van der Waals surface area (Å²) in [6.07, 6.45) is 1.76. The predicted molar refractivity (Wildman–Crippen MR) is 78.3 cm³/mol. The third-order valence-corrected chi connectivity index (χ3v) is 2.43. The van der Waals surface area contributed by atoms with Crippen molar-refractivity contribution >= 4 is 11.9 Å². The monoisotopic (exact) mass is 276 g/mol. The highest BCUT2D eigenvalue weighted by molar-refractivity contribution is 5.99. The molecule has 0 unspecified atom stereocenters. The van der Waals surface area contributed by atoms with E-state index in [1.165, 1.54) is 0 Å². The number of pyridine rings is 1. The molecule has 108 valence electrons. The average molecular weight is 276 g/mol. The Morgan fingerprint density at radius 2 is 2.00 bits per heavy atom. The second kappa shape index (κ2) is 7.41. The number of nitrogens with zero attached hydrogens (tertiary/aromatic N) is 4. The van der Waals surface area contributed by atoms with E-state index in [0.717, 1.165) is 12.2 Å². The van der Waals surface area contributed by atoms with E-state index in [-0.39, 0.29) is 0 Å². The van der Waals surface area contributed by atoms with Crippen molar-refractivity contribution in [1.82, 2.24) is 31.8 Å². The maximum absolute atomic E-state index is 4.45. The van der Waals surface area contributed by atoms with Crippen molar-refractivity contribution in [3.05, 3.63) is 30.1 Å². The van der Waals surface area contributed by atoms with Crippen LogP contribution in [0.2, 0.25) is 0 Å². The largest absolute Gasteiger partial charge is 0.295 e. The summed E-state index contributed by atoms with van der Waals surface area (Å²) in [5.41, 5.74) is 10.1. The van der Waals surface area contributed by atoms with E-state index in [1.807, 2.05) is 32.0 Å². The van der Waals surface area contributed by atoms with E-state index in [0.29, 0.717) is 25.0 Å². The van der Waals surface area contributed by atoms with Gasteiger partial charge in [0, 0.05) is 19.3 Å². The zero-order valence-electron chi connectivity index (χ0n) is 11.7. The molecule has 1 saturated heterocycles. The zero-order chi connectivity index (χ0) is 14.2. The molecule has 0 radical (unpaired) electrons. The number of hydrogen-bond donors (Lipinski definition) is 4. The van der Waals surface area contributed by atoms with E-state index in [1.54, 1.807) is 11.4 Å². The first-order valence-electron chi connectivity index (χ1n) is 6.64. The normalized spacial score (nSPS) is 19.5. The lowest BCUT2D eigenvalue weighted by Crippen LogP contribution is -2.70. The molecule has 1 aromatic rings. The van der Waals surface area contributed by atoms with Crippen LogP contribution in [0, 0.1) is 0 Å². The fourth-order valence-electron chi connectivity index (χ4n) is 1.60. The highest BCUT2D eigenvalue weighted by Crippen LogP contribution is 1.96. The van der Waals surface area contributed by atoms with Crippen molar-refractivity contribution < 1.29 is 0 Å². The van der Waals surface area contributed by atoms with Crippen LogP contribution >= 0.6 is 0 Å². The fourth-order valence-corrected chi connectivity index (χ4v) is 1.60. The van der Waals surface area contributed by atoms with Gasteiger partial charge in [-0.3, -0.25) is 26.1 Å². The smallest absolute Gasteiger partial charge is 0.216 e. The van der Waals surface area contributed by atoms with Crippen molar-refractivity contribution in [2.45, 2.75) is 20.4 Å². The quantitative estimate of drug-likeness (QED) is 0.593. The number of hydrazine groups is 3. The van der Waals surface area contributed by atoms with Gasteiger partial charge in [-0.2, -0.15) is 0 Å². The van der Waals surface area contributed by atoms with Gasteiger partial charge in [-0.1, -0.05) is 18.2 Å². The van der Waals surface area contributed by atoms with Crippen LogP contribution in [0.15, 0.2) is 34.4 Å². The van der Waals surface area contributed by atoms with Gasteiger partial charge in [-0.25, -0.2) is 10.4 Å². The SMILES string of the molecule is CCN=C1NC(=NCc2ccccn2)NN(NCC)N1. The van der Waals surface area contributed by atoms with Crippen LogP contribution in [-0.4, -0.2) is 35.2 Å². The van der Waals surface area contributed by atoms with E-state index in [9.17, 15) is 0 Å². The van der Waals surface area contributed by atoms with Gasteiger partial charge in [-0.15, -0.1) is 0 Å². The molecule has 4 N–H and O–H groups in total. The lowest BCUT2D eigenvalue weighted by atomic mass is 10.3. The Morgan fingerprint density at radius 1 is 1.20 bits per heavy atom. The molecule has 0 aromatic carbocycles. The van der Waals surface area contributed by atoms with Gasteiger partial charge in [0.2, 0.25) is 11.9 Å². The van der Waals surface area contributed by atoms with E-state index < -0.39 is 0 Å². The van der Waals surface area contributed by atoms with Crippen LogP contribution in [-0.2, 0) is 6.54 Å². The Kier molecular flexibility index (Phi) is 5.27. The molecule has 20 heavy (non-hydrogen) atoms. The molecule has 0 aliphatic carbocycles. The minimum Gasteiger partial charge on any atom is -0.295 e. The second-order valence-electron chi connectivity index (χ2n) is 4.00. The molecule has 1 aromatic heterocycles. The summed E-state index contributed by atoms with van der Waals surface area (Å²) in [4.78, 5) is 13.0. The average Bonchev–Trinajstić information content (AvgIpc) is 2.47. The molecule has 0 atom stereocenters. The van der Waals surface area contributed by atoms with Gasteiger partial charge < -0.3 is 0 Å². The molecule has 8 nitrogen and oxygen atoms in total. The van der Waals surface area contributed by atoms with Gasteiger partial charge in [0.1, 0.15) is 0 Å².